The normalized spacial score (nSPS) is 13.7. The summed E-state index contributed by atoms with van der Waals surface area (Å²) in [6.45, 7) is 6.55. The minimum Gasteiger partial charge on any atom is -0.467 e. The van der Waals surface area contributed by atoms with Gasteiger partial charge < -0.3 is 4.42 Å². The molecule has 0 saturated heterocycles. The summed E-state index contributed by atoms with van der Waals surface area (Å²) in [6, 6.07) is 3.97. The maximum atomic E-state index is 5.53. The first-order chi connectivity index (χ1) is 5.65. The van der Waals surface area contributed by atoms with E-state index in [1.54, 1.807) is 0 Å². The molecule has 0 N–H and O–H groups in total. The minimum absolute atomic E-state index is 0.477. The van der Waals surface area contributed by atoms with Crippen LogP contribution in [0.4, 0.5) is 0 Å². The maximum Gasteiger partial charge on any atom is 0.107 e. The Bertz CT molecular complexity index is 240. The zero-order valence-electron chi connectivity index (χ0n) is 8.00. The molecule has 0 aliphatic heterocycles. The zero-order chi connectivity index (χ0) is 9.14. The summed E-state index contributed by atoms with van der Waals surface area (Å²) >= 11 is 0. The van der Waals surface area contributed by atoms with E-state index in [9.17, 15) is 0 Å². The molecule has 0 saturated carbocycles. The van der Waals surface area contributed by atoms with Gasteiger partial charge in [0.15, 0.2) is 0 Å². The van der Waals surface area contributed by atoms with Crippen LogP contribution in [0.5, 0.6) is 0 Å². The van der Waals surface area contributed by atoms with E-state index in [1.165, 1.54) is 0 Å². The molecule has 1 aromatic heterocycles. The van der Waals surface area contributed by atoms with Crippen molar-refractivity contribution in [2.45, 2.75) is 33.0 Å². The molecule has 64 valence electrons. The average Bonchev–Trinajstić information content (AvgIpc) is 2.50. The second kappa shape index (κ2) is 3.84. The molecule has 1 atom stereocenters. The molecule has 1 rings (SSSR count). The van der Waals surface area contributed by atoms with Crippen molar-refractivity contribution in [3.05, 3.63) is 23.7 Å². The Morgan fingerprint density at radius 1 is 1.33 bits per heavy atom. The lowest BCUT2D eigenvalue weighted by molar-refractivity contribution is 0.400. The van der Waals surface area contributed by atoms with Crippen molar-refractivity contribution in [3.8, 4) is 0 Å². The summed E-state index contributed by atoms with van der Waals surface area (Å²) in [4.78, 5) is 0. The fourth-order valence-corrected chi connectivity index (χ4v) is 1.08. The predicted octanol–water partition coefficient (Wildman–Crippen LogP) is 2.71. The zero-order valence-corrected chi connectivity index (χ0v) is 8.00. The number of hydrogen-bond donors (Lipinski definition) is 0. The quantitative estimate of drug-likeness (QED) is 0.622. The molecule has 2 heteroatoms. The molecule has 0 aromatic carbocycles. The summed E-state index contributed by atoms with van der Waals surface area (Å²) in [5.74, 6) is 3.01. The lowest BCUT2D eigenvalue weighted by Crippen LogP contribution is -1.99. The molecule has 0 aliphatic carbocycles. The third kappa shape index (κ3) is 1.93. The van der Waals surface area contributed by atoms with Gasteiger partial charge in [0, 0.05) is 5.92 Å². The van der Waals surface area contributed by atoms with E-state index in [0.717, 1.165) is 11.5 Å². The van der Waals surface area contributed by atoms with Crippen LogP contribution >= 0.6 is 0 Å². The Balaban J connectivity index is 2.74. The van der Waals surface area contributed by atoms with Gasteiger partial charge in [-0.2, -0.15) is 0 Å². The number of furan rings is 1. The standard InChI is InChI=1S/C10H15BO/c1-7(2)8(3)10-5-4-9(6-11)12-10/h4-5,7-8H,6H2,1-3H3. The van der Waals surface area contributed by atoms with Crippen LogP contribution in [0.25, 0.3) is 0 Å². The Morgan fingerprint density at radius 3 is 2.42 bits per heavy atom. The van der Waals surface area contributed by atoms with E-state index in [2.05, 4.69) is 20.8 Å². The molecule has 1 aromatic rings. The van der Waals surface area contributed by atoms with Crippen LogP contribution in [0.15, 0.2) is 16.5 Å². The van der Waals surface area contributed by atoms with Crippen molar-refractivity contribution < 1.29 is 4.42 Å². The highest BCUT2D eigenvalue weighted by atomic mass is 16.3. The van der Waals surface area contributed by atoms with Crippen LogP contribution < -0.4 is 0 Å². The third-order valence-electron chi connectivity index (χ3n) is 2.33. The molecule has 1 nitrogen and oxygen atoms in total. The highest BCUT2D eigenvalue weighted by Crippen LogP contribution is 2.25. The van der Waals surface area contributed by atoms with Crippen molar-refractivity contribution in [2.75, 3.05) is 0 Å². The van der Waals surface area contributed by atoms with E-state index < -0.39 is 0 Å². The summed E-state index contributed by atoms with van der Waals surface area (Å²) < 4.78 is 5.53. The van der Waals surface area contributed by atoms with Crippen molar-refractivity contribution in [1.82, 2.24) is 0 Å². The second-order valence-corrected chi connectivity index (χ2v) is 3.54. The van der Waals surface area contributed by atoms with Crippen molar-refractivity contribution >= 4 is 7.85 Å². The first kappa shape index (κ1) is 9.43. The van der Waals surface area contributed by atoms with Crippen molar-refractivity contribution in [2.24, 2.45) is 5.92 Å². The van der Waals surface area contributed by atoms with Gasteiger partial charge in [-0.05, 0) is 24.4 Å². The molecular formula is C10H15BO. The monoisotopic (exact) mass is 162 g/mol. The van der Waals surface area contributed by atoms with Crippen LogP contribution in [0.2, 0.25) is 0 Å². The Labute approximate surface area is 75.6 Å². The smallest absolute Gasteiger partial charge is 0.107 e. The van der Waals surface area contributed by atoms with Gasteiger partial charge in [-0.3, -0.25) is 0 Å². The Kier molecular flexibility index (Phi) is 3.02. The minimum atomic E-state index is 0.477. The van der Waals surface area contributed by atoms with Crippen LogP contribution in [-0.4, -0.2) is 7.85 Å². The summed E-state index contributed by atoms with van der Waals surface area (Å²) in [5, 5.41) is 0. The van der Waals surface area contributed by atoms with Crippen LogP contribution in [0.1, 0.15) is 38.2 Å². The molecule has 1 unspecified atom stereocenters. The second-order valence-electron chi connectivity index (χ2n) is 3.54. The molecule has 12 heavy (non-hydrogen) atoms. The molecule has 0 aliphatic rings. The SMILES string of the molecule is [B]Cc1ccc(C(C)C(C)C)o1. The highest BCUT2D eigenvalue weighted by Gasteiger charge is 2.13. The molecular weight excluding hydrogens is 147 g/mol. The van der Waals surface area contributed by atoms with E-state index in [-0.39, 0.29) is 0 Å². The van der Waals surface area contributed by atoms with Crippen LogP contribution in [0.3, 0.4) is 0 Å². The Morgan fingerprint density at radius 2 is 2.00 bits per heavy atom. The molecule has 0 amide bonds. The van der Waals surface area contributed by atoms with Gasteiger partial charge in [0.2, 0.25) is 0 Å². The van der Waals surface area contributed by atoms with E-state index in [1.807, 2.05) is 12.1 Å². The average molecular weight is 162 g/mol. The summed E-state index contributed by atoms with van der Waals surface area (Å²) in [7, 11) is 5.45. The predicted molar refractivity (Wildman–Crippen MR) is 51.4 cm³/mol. The van der Waals surface area contributed by atoms with Gasteiger partial charge in [0.1, 0.15) is 5.76 Å². The van der Waals surface area contributed by atoms with E-state index in [0.29, 0.717) is 18.2 Å². The fraction of sp³-hybridized carbons (Fsp3) is 0.600. The number of rotatable bonds is 3. The molecule has 0 bridgehead atoms. The number of hydrogen-bond acceptors (Lipinski definition) is 1. The van der Waals surface area contributed by atoms with Crippen molar-refractivity contribution in [3.63, 3.8) is 0 Å². The first-order valence-electron chi connectivity index (χ1n) is 4.43. The third-order valence-corrected chi connectivity index (χ3v) is 2.33. The first-order valence-corrected chi connectivity index (χ1v) is 4.43. The molecule has 0 spiro atoms. The van der Waals surface area contributed by atoms with Gasteiger partial charge in [0.25, 0.3) is 0 Å². The molecule has 0 fully saturated rings. The van der Waals surface area contributed by atoms with Gasteiger partial charge in [0.05, 0.1) is 13.6 Å². The van der Waals surface area contributed by atoms with Gasteiger partial charge in [-0.25, -0.2) is 0 Å². The molecule has 2 radical (unpaired) electrons. The lowest BCUT2D eigenvalue weighted by atomic mass is 9.96. The van der Waals surface area contributed by atoms with E-state index >= 15 is 0 Å². The van der Waals surface area contributed by atoms with Crippen LogP contribution in [0, 0.1) is 5.92 Å². The largest absolute Gasteiger partial charge is 0.467 e. The highest BCUT2D eigenvalue weighted by molar-refractivity contribution is 6.08. The topological polar surface area (TPSA) is 13.1 Å². The van der Waals surface area contributed by atoms with Crippen LogP contribution in [-0.2, 0) is 6.32 Å². The molecule has 1 heterocycles. The van der Waals surface area contributed by atoms with Gasteiger partial charge in [-0.1, -0.05) is 20.8 Å². The summed E-state index contributed by atoms with van der Waals surface area (Å²) in [6.07, 6.45) is 0.491. The maximum absolute atomic E-state index is 5.53. The van der Waals surface area contributed by atoms with Gasteiger partial charge in [-0.15, -0.1) is 0 Å². The van der Waals surface area contributed by atoms with E-state index in [4.69, 9.17) is 12.3 Å². The summed E-state index contributed by atoms with van der Waals surface area (Å²) in [5.41, 5.74) is 0. The Hall–Kier alpha value is -0.655. The van der Waals surface area contributed by atoms with Gasteiger partial charge >= 0.3 is 0 Å². The van der Waals surface area contributed by atoms with Crippen molar-refractivity contribution in [1.29, 1.82) is 0 Å². The lowest BCUT2D eigenvalue weighted by Gasteiger charge is -2.11. The fourth-order valence-electron chi connectivity index (χ4n) is 1.08.